The Bertz CT molecular complexity index is 603. The van der Waals surface area contributed by atoms with Crippen molar-refractivity contribution in [1.82, 2.24) is 10.3 Å². The van der Waals surface area contributed by atoms with E-state index >= 15 is 0 Å². The van der Waals surface area contributed by atoms with Crippen molar-refractivity contribution in [2.45, 2.75) is 50.4 Å². The highest BCUT2D eigenvalue weighted by atomic mass is 35.5. The Labute approximate surface area is 140 Å². The number of aryl methyl sites for hydroxylation is 1. The van der Waals surface area contributed by atoms with E-state index in [0.29, 0.717) is 0 Å². The Hall–Kier alpha value is -0.550. The fraction of sp³-hybridized carbons (Fsp3) is 0.438. The van der Waals surface area contributed by atoms with E-state index in [4.69, 9.17) is 11.6 Å². The zero-order valence-electron chi connectivity index (χ0n) is 12.9. The number of rotatable bonds is 5. The number of thiazole rings is 1. The lowest BCUT2D eigenvalue weighted by molar-refractivity contribution is 0.425. The molecular weight excluding hydrogens is 320 g/mol. The second-order valence-corrected chi connectivity index (χ2v) is 8.62. The first-order valence-corrected chi connectivity index (χ1v) is 9.10. The molecule has 2 nitrogen and oxygen atoms in total. The number of nitrogens with one attached hydrogen (secondary N) is 1. The molecule has 114 valence electrons. The molecule has 0 saturated carbocycles. The molecule has 0 unspecified atom stereocenters. The van der Waals surface area contributed by atoms with Crippen molar-refractivity contribution in [3.05, 3.63) is 44.9 Å². The van der Waals surface area contributed by atoms with Gasteiger partial charge in [-0.3, -0.25) is 0 Å². The van der Waals surface area contributed by atoms with Crippen molar-refractivity contribution in [2.24, 2.45) is 0 Å². The number of aromatic nitrogens is 1. The number of thioether (sulfide) groups is 1. The van der Waals surface area contributed by atoms with Gasteiger partial charge in [0.05, 0.1) is 11.4 Å². The van der Waals surface area contributed by atoms with Gasteiger partial charge in [-0.15, -0.1) is 23.1 Å². The minimum atomic E-state index is 0.131. The van der Waals surface area contributed by atoms with Crippen molar-refractivity contribution in [3.63, 3.8) is 0 Å². The Morgan fingerprint density at radius 1 is 1.33 bits per heavy atom. The highest BCUT2D eigenvalue weighted by Crippen LogP contribution is 2.28. The summed E-state index contributed by atoms with van der Waals surface area (Å²) < 4.78 is 0. The van der Waals surface area contributed by atoms with Gasteiger partial charge in [0.15, 0.2) is 0 Å². The maximum absolute atomic E-state index is 6.01. The largest absolute Gasteiger partial charge is 0.307 e. The molecule has 1 heterocycles. The van der Waals surface area contributed by atoms with Gasteiger partial charge in [-0.1, -0.05) is 17.7 Å². The first kappa shape index (κ1) is 16.8. The summed E-state index contributed by atoms with van der Waals surface area (Å²) in [4.78, 5) is 7.18. The van der Waals surface area contributed by atoms with Crippen molar-refractivity contribution >= 4 is 34.7 Å². The summed E-state index contributed by atoms with van der Waals surface area (Å²) in [5.74, 6) is 0.890. The fourth-order valence-electron chi connectivity index (χ4n) is 1.76. The topological polar surface area (TPSA) is 24.9 Å². The summed E-state index contributed by atoms with van der Waals surface area (Å²) in [6.45, 7) is 9.51. The van der Waals surface area contributed by atoms with Crippen LogP contribution in [0.5, 0.6) is 0 Å². The van der Waals surface area contributed by atoms with Gasteiger partial charge < -0.3 is 5.32 Å². The van der Waals surface area contributed by atoms with Crippen LogP contribution >= 0.6 is 34.7 Å². The molecule has 1 aromatic carbocycles. The van der Waals surface area contributed by atoms with Gasteiger partial charge in [-0.2, -0.15) is 0 Å². The lowest BCUT2D eigenvalue weighted by Crippen LogP contribution is -2.34. The number of hydrogen-bond acceptors (Lipinski definition) is 4. The standard InChI is InChI=1S/C16H21ClN2S2/c1-11-14(9-18-16(2,3)4)21-15(19-11)10-20-13-7-5-6-12(17)8-13/h5-8,18H,9-10H2,1-4H3. The summed E-state index contributed by atoms with van der Waals surface area (Å²) in [6, 6.07) is 7.96. The van der Waals surface area contributed by atoms with Gasteiger partial charge in [0.2, 0.25) is 0 Å². The predicted molar refractivity (Wildman–Crippen MR) is 94.5 cm³/mol. The van der Waals surface area contributed by atoms with Crippen LogP contribution < -0.4 is 5.32 Å². The Balaban J connectivity index is 1.95. The Kier molecular flexibility index (Phi) is 5.72. The third-order valence-corrected chi connectivity index (χ3v) is 5.45. The van der Waals surface area contributed by atoms with E-state index in [9.17, 15) is 0 Å². The second kappa shape index (κ2) is 7.14. The van der Waals surface area contributed by atoms with E-state index in [0.717, 1.165) is 23.0 Å². The van der Waals surface area contributed by atoms with E-state index in [-0.39, 0.29) is 5.54 Å². The van der Waals surface area contributed by atoms with Gasteiger partial charge in [0, 0.05) is 26.9 Å². The van der Waals surface area contributed by atoms with E-state index < -0.39 is 0 Å². The summed E-state index contributed by atoms with van der Waals surface area (Å²) in [6.07, 6.45) is 0. The molecule has 5 heteroatoms. The van der Waals surface area contributed by atoms with Gasteiger partial charge in [-0.05, 0) is 45.9 Å². The van der Waals surface area contributed by atoms with Crippen molar-refractivity contribution < 1.29 is 0 Å². The van der Waals surface area contributed by atoms with E-state index in [1.807, 2.05) is 18.2 Å². The minimum absolute atomic E-state index is 0.131. The van der Waals surface area contributed by atoms with Crippen LogP contribution in [-0.2, 0) is 12.3 Å². The zero-order chi connectivity index (χ0) is 15.5. The normalized spacial score (nSPS) is 11.9. The molecule has 2 rings (SSSR count). The van der Waals surface area contributed by atoms with E-state index in [1.54, 1.807) is 23.1 Å². The number of hydrogen-bond donors (Lipinski definition) is 1. The van der Waals surface area contributed by atoms with Gasteiger partial charge in [0.1, 0.15) is 5.01 Å². The first-order chi connectivity index (χ1) is 9.83. The van der Waals surface area contributed by atoms with E-state index in [2.05, 4.69) is 44.1 Å². The minimum Gasteiger partial charge on any atom is -0.307 e. The van der Waals surface area contributed by atoms with Crippen LogP contribution in [0.4, 0.5) is 0 Å². The molecule has 0 fully saturated rings. The van der Waals surface area contributed by atoms with Crippen LogP contribution in [0, 0.1) is 6.92 Å². The average Bonchev–Trinajstić information content (AvgIpc) is 2.74. The van der Waals surface area contributed by atoms with Gasteiger partial charge in [0.25, 0.3) is 0 Å². The third kappa shape index (κ3) is 5.62. The predicted octanol–water partition coefficient (Wildman–Crippen LogP) is 5.29. The molecule has 0 radical (unpaired) electrons. The second-order valence-electron chi connectivity index (χ2n) is 5.97. The maximum Gasteiger partial charge on any atom is 0.103 e. The molecule has 0 aliphatic carbocycles. The van der Waals surface area contributed by atoms with Crippen LogP contribution in [0.3, 0.4) is 0 Å². The number of nitrogens with zero attached hydrogens (tertiary/aromatic N) is 1. The van der Waals surface area contributed by atoms with Crippen molar-refractivity contribution in [2.75, 3.05) is 0 Å². The van der Waals surface area contributed by atoms with E-state index in [1.165, 1.54) is 14.8 Å². The molecular formula is C16H21ClN2S2. The summed E-state index contributed by atoms with van der Waals surface area (Å²) in [7, 11) is 0. The summed E-state index contributed by atoms with van der Waals surface area (Å²) >= 11 is 9.58. The Morgan fingerprint density at radius 3 is 2.76 bits per heavy atom. The van der Waals surface area contributed by atoms with Crippen LogP contribution in [-0.4, -0.2) is 10.5 Å². The summed E-state index contributed by atoms with van der Waals surface area (Å²) in [5, 5.41) is 5.47. The number of benzene rings is 1. The van der Waals surface area contributed by atoms with Crippen molar-refractivity contribution in [3.8, 4) is 0 Å². The monoisotopic (exact) mass is 340 g/mol. The molecule has 0 aliphatic heterocycles. The SMILES string of the molecule is Cc1nc(CSc2cccc(Cl)c2)sc1CNC(C)(C)C. The van der Waals surface area contributed by atoms with Crippen molar-refractivity contribution in [1.29, 1.82) is 0 Å². The molecule has 0 spiro atoms. The lowest BCUT2D eigenvalue weighted by atomic mass is 10.1. The van der Waals surface area contributed by atoms with Crippen LogP contribution in [0.15, 0.2) is 29.2 Å². The van der Waals surface area contributed by atoms with Gasteiger partial charge >= 0.3 is 0 Å². The molecule has 0 bridgehead atoms. The molecule has 1 aromatic heterocycles. The zero-order valence-corrected chi connectivity index (χ0v) is 15.3. The van der Waals surface area contributed by atoms with Crippen LogP contribution in [0.25, 0.3) is 0 Å². The molecule has 0 saturated heterocycles. The molecule has 0 atom stereocenters. The van der Waals surface area contributed by atoms with Crippen LogP contribution in [0.2, 0.25) is 5.02 Å². The molecule has 1 N–H and O–H groups in total. The molecule has 2 aromatic rings. The maximum atomic E-state index is 6.01. The summed E-state index contributed by atoms with van der Waals surface area (Å²) in [5.41, 5.74) is 1.27. The smallest absolute Gasteiger partial charge is 0.103 e. The number of halogens is 1. The molecule has 0 aliphatic rings. The molecule has 0 amide bonds. The fourth-order valence-corrected chi connectivity index (χ4v) is 3.97. The quantitative estimate of drug-likeness (QED) is 0.749. The highest BCUT2D eigenvalue weighted by Gasteiger charge is 2.12. The Morgan fingerprint density at radius 2 is 2.10 bits per heavy atom. The van der Waals surface area contributed by atoms with Gasteiger partial charge in [-0.25, -0.2) is 4.98 Å². The molecule has 21 heavy (non-hydrogen) atoms. The highest BCUT2D eigenvalue weighted by molar-refractivity contribution is 7.98. The average molecular weight is 341 g/mol. The first-order valence-electron chi connectivity index (χ1n) is 6.92. The van der Waals surface area contributed by atoms with Crippen LogP contribution in [0.1, 0.15) is 36.3 Å². The lowest BCUT2D eigenvalue weighted by Gasteiger charge is -2.19. The third-order valence-electron chi connectivity index (χ3n) is 2.87.